The van der Waals surface area contributed by atoms with Crippen LogP contribution in [0.4, 0.5) is 0 Å². The first-order valence-electron chi connectivity index (χ1n) is 9.84. The lowest BCUT2D eigenvalue weighted by atomic mass is 9.84. The first-order chi connectivity index (χ1) is 13.0. The topological polar surface area (TPSA) is 85.4 Å². The lowest BCUT2D eigenvalue weighted by Crippen LogP contribution is -2.37. The van der Waals surface area contributed by atoms with E-state index >= 15 is 0 Å². The second-order valence-corrected chi connectivity index (χ2v) is 8.64. The number of epoxide rings is 1. The summed E-state index contributed by atoms with van der Waals surface area (Å²) in [5.41, 5.74) is -0.0770. The zero-order chi connectivity index (χ0) is 20.7. The fourth-order valence-electron chi connectivity index (χ4n) is 4.12. The molecule has 0 saturated carbocycles. The van der Waals surface area contributed by atoms with Crippen molar-refractivity contribution in [3.8, 4) is 0 Å². The molecule has 154 valence electrons. The van der Waals surface area contributed by atoms with Crippen molar-refractivity contribution in [2.45, 2.75) is 82.9 Å². The van der Waals surface area contributed by atoms with Gasteiger partial charge in [-0.1, -0.05) is 24.8 Å². The monoisotopic (exact) mass is 390 g/mol. The van der Waals surface area contributed by atoms with Crippen LogP contribution in [0.15, 0.2) is 36.0 Å². The van der Waals surface area contributed by atoms with Gasteiger partial charge >= 0.3 is 11.9 Å². The predicted octanol–water partition coefficient (Wildman–Crippen LogP) is 3.00. The number of aliphatic hydroxyl groups is 1. The van der Waals surface area contributed by atoms with E-state index in [0.717, 1.165) is 5.57 Å². The third-order valence-electron chi connectivity index (χ3n) is 6.01. The first kappa shape index (κ1) is 20.8. The second kappa shape index (κ2) is 7.48. The molecule has 0 radical (unpaired) electrons. The van der Waals surface area contributed by atoms with E-state index in [9.17, 15) is 14.7 Å². The summed E-state index contributed by atoms with van der Waals surface area (Å²) in [6.45, 7) is 10.9. The van der Waals surface area contributed by atoms with E-state index in [-0.39, 0.29) is 17.6 Å². The van der Waals surface area contributed by atoms with E-state index in [1.165, 1.54) is 6.92 Å². The Balaban J connectivity index is 1.94. The maximum absolute atomic E-state index is 12.2. The molecule has 28 heavy (non-hydrogen) atoms. The Morgan fingerprint density at radius 1 is 1.39 bits per heavy atom. The van der Waals surface area contributed by atoms with Crippen LogP contribution < -0.4 is 0 Å². The normalized spacial score (nSPS) is 41.2. The highest BCUT2D eigenvalue weighted by Gasteiger charge is 2.55. The number of carbonyl (C=O) groups is 2. The number of hydrogen-bond acceptors (Lipinski definition) is 6. The second-order valence-electron chi connectivity index (χ2n) is 8.64. The molecule has 0 aromatic carbocycles. The molecule has 6 heteroatoms. The van der Waals surface area contributed by atoms with Crippen LogP contribution in [0.25, 0.3) is 0 Å². The number of hydrogen-bond donors (Lipinski definition) is 1. The van der Waals surface area contributed by atoms with Gasteiger partial charge in [0.2, 0.25) is 0 Å². The third-order valence-corrected chi connectivity index (χ3v) is 6.01. The molecule has 1 aliphatic carbocycles. The largest absolute Gasteiger partial charge is 0.454 e. The number of fused-ring (bicyclic) bond motifs is 2. The van der Waals surface area contributed by atoms with Gasteiger partial charge in [0, 0.05) is 18.4 Å². The summed E-state index contributed by atoms with van der Waals surface area (Å²) in [5.74, 6) is -1.16. The molecule has 2 fully saturated rings. The molecule has 2 heterocycles. The van der Waals surface area contributed by atoms with Crippen LogP contribution in [-0.4, -0.2) is 46.6 Å². The van der Waals surface area contributed by atoms with E-state index in [1.54, 1.807) is 6.92 Å². The van der Waals surface area contributed by atoms with Crippen molar-refractivity contribution in [2.24, 2.45) is 5.92 Å². The molecule has 0 amide bonds. The lowest BCUT2D eigenvalue weighted by Gasteiger charge is -2.28. The molecule has 6 nitrogen and oxygen atoms in total. The van der Waals surface area contributed by atoms with Gasteiger partial charge in [0.05, 0.1) is 17.3 Å². The molecule has 2 aliphatic heterocycles. The molecule has 0 bridgehead atoms. The number of allylic oxidation sites excluding steroid dienone is 1. The van der Waals surface area contributed by atoms with E-state index < -0.39 is 29.7 Å². The molecule has 0 unspecified atom stereocenters. The van der Waals surface area contributed by atoms with Crippen molar-refractivity contribution in [3.05, 3.63) is 36.0 Å². The summed E-state index contributed by atoms with van der Waals surface area (Å²) in [6, 6.07) is 0. The maximum Gasteiger partial charge on any atom is 0.334 e. The Bertz CT molecular complexity index is 733. The highest BCUT2D eigenvalue weighted by atomic mass is 16.6. The van der Waals surface area contributed by atoms with Crippen LogP contribution in [0, 0.1) is 5.92 Å². The zero-order valence-corrected chi connectivity index (χ0v) is 17.1. The van der Waals surface area contributed by atoms with Gasteiger partial charge in [0.1, 0.15) is 6.10 Å². The van der Waals surface area contributed by atoms with Crippen molar-refractivity contribution in [3.63, 3.8) is 0 Å². The summed E-state index contributed by atoms with van der Waals surface area (Å²) < 4.78 is 17.1. The van der Waals surface area contributed by atoms with Crippen molar-refractivity contribution in [1.82, 2.24) is 0 Å². The van der Waals surface area contributed by atoms with Gasteiger partial charge in [-0.3, -0.25) is 4.79 Å². The minimum atomic E-state index is -0.935. The zero-order valence-electron chi connectivity index (χ0n) is 17.1. The summed E-state index contributed by atoms with van der Waals surface area (Å²) in [6.07, 6.45) is 6.74. The standard InChI is InChI=1S/C22H30O6/c1-13-8-6-9-21(4,25)10-7-11-22(5)17(28-22)12-16-14(2)20(24)27-19(16)18(13)26-15(3)23/h7-8,10,16-19,25H,2,6,9,11-12H2,1,3-5H3/t16-,17+,18+,19-,21-,22+/m1/s1. The van der Waals surface area contributed by atoms with Gasteiger partial charge in [-0.25, -0.2) is 4.79 Å². The minimum absolute atomic E-state index is 0.0500. The van der Waals surface area contributed by atoms with E-state index in [0.29, 0.717) is 31.3 Å². The van der Waals surface area contributed by atoms with Gasteiger partial charge in [0.25, 0.3) is 0 Å². The Labute approximate surface area is 166 Å². The quantitative estimate of drug-likeness (QED) is 0.321. The fraction of sp³-hybridized carbons (Fsp3) is 0.636. The van der Waals surface area contributed by atoms with Crippen LogP contribution in [0.5, 0.6) is 0 Å². The minimum Gasteiger partial charge on any atom is -0.454 e. The molecular formula is C22H30O6. The molecule has 2 saturated heterocycles. The summed E-state index contributed by atoms with van der Waals surface area (Å²) in [5, 5.41) is 10.6. The van der Waals surface area contributed by atoms with Crippen LogP contribution in [0.3, 0.4) is 0 Å². The molecule has 1 N–H and O–H groups in total. The predicted molar refractivity (Wildman–Crippen MR) is 103 cm³/mol. The Hall–Kier alpha value is -1.92. The highest BCUT2D eigenvalue weighted by molar-refractivity contribution is 5.91. The highest BCUT2D eigenvalue weighted by Crippen LogP contribution is 2.47. The Morgan fingerprint density at radius 3 is 2.79 bits per heavy atom. The average Bonchev–Trinajstić information content (AvgIpc) is 3.13. The van der Waals surface area contributed by atoms with Crippen LogP contribution in [0.2, 0.25) is 0 Å². The number of ether oxygens (including phenoxy) is 3. The average molecular weight is 390 g/mol. The number of esters is 2. The van der Waals surface area contributed by atoms with Crippen molar-refractivity contribution in [1.29, 1.82) is 0 Å². The van der Waals surface area contributed by atoms with Crippen molar-refractivity contribution >= 4 is 11.9 Å². The van der Waals surface area contributed by atoms with Gasteiger partial charge in [-0.15, -0.1) is 0 Å². The fourth-order valence-corrected chi connectivity index (χ4v) is 4.12. The van der Waals surface area contributed by atoms with Crippen LogP contribution in [-0.2, 0) is 23.8 Å². The maximum atomic E-state index is 12.2. The van der Waals surface area contributed by atoms with Crippen molar-refractivity contribution in [2.75, 3.05) is 0 Å². The van der Waals surface area contributed by atoms with E-state index in [2.05, 4.69) is 6.58 Å². The Morgan fingerprint density at radius 2 is 2.11 bits per heavy atom. The molecule has 0 spiro atoms. The molecule has 3 aliphatic rings. The van der Waals surface area contributed by atoms with Gasteiger partial charge < -0.3 is 19.3 Å². The first-order valence-corrected chi connectivity index (χ1v) is 9.84. The summed E-state index contributed by atoms with van der Waals surface area (Å²) >= 11 is 0. The lowest BCUT2D eigenvalue weighted by molar-refractivity contribution is -0.157. The summed E-state index contributed by atoms with van der Waals surface area (Å²) in [4.78, 5) is 24.0. The van der Waals surface area contributed by atoms with Gasteiger partial charge in [0.15, 0.2) is 6.10 Å². The Kier molecular flexibility index (Phi) is 5.56. The smallest absolute Gasteiger partial charge is 0.334 e. The summed E-state index contributed by atoms with van der Waals surface area (Å²) in [7, 11) is 0. The van der Waals surface area contributed by atoms with Crippen LogP contribution >= 0.6 is 0 Å². The third kappa shape index (κ3) is 4.39. The number of carbonyl (C=O) groups excluding carboxylic acids is 2. The molecular weight excluding hydrogens is 360 g/mol. The molecule has 0 aromatic heterocycles. The van der Waals surface area contributed by atoms with E-state index in [4.69, 9.17) is 14.2 Å². The molecule has 0 aromatic rings. The van der Waals surface area contributed by atoms with E-state index in [1.807, 2.05) is 32.1 Å². The van der Waals surface area contributed by atoms with Crippen molar-refractivity contribution < 1.29 is 28.9 Å². The molecule has 6 atom stereocenters. The van der Waals surface area contributed by atoms with Gasteiger partial charge in [-0.2, -0.15) is 0 Å². The van der Waals surface area contributed by atoms with Gasteiger partial charge in [-0.05, 0) is 52.0 Å². The SMILES string of the molecule is C=C1C(=O)O[C@@H]2[C@@H]1C[C@@H]1O[C@@]1(C)CC=C[C@](C)(O)CCC=C(C)[C@@H]2OC(C)=O. The number of rotatable bonds is 1. The van der Waals surface area contributed by atoms with Crippen LogP contribution in [0.1, 0.15) is 53.4 Å². The molecule has 3 rings (SSSR count).